The van der Waals surface area contributed by atoms with Crippen LogP contribution in [-0.4, -0.2) is 80.8 Å². The Kier molecular flexibility index (Phi) is 10.6. The number of nitrogens with zero attached hydrogens (tertiary/aromatic N) is 6. The maximum atomic E-state index is 3.79. The lowest BCUT2D eigenvalue weighted by Gasteiger charge is -2.40. The van der Waals surface area contributed by atoms with Gasteiger partial charge in [-0.05, 0) is 172 Å². The topological polar surface area (TPSA) is 31.5 Å². The molecule has 0 amide bonds. The number of para-hydroxylation sites is 4. The second kappa shape index (κ2) is 17.3. The van der Waals surface area contributed by atoms with E-state index in [1.165, 1.54) is 105 Å². The molecule has 0 radical (unpaired) electrons. The van der Waals surface area contributed by atoms with Gasteiger partial charge in [0.1, 0.15) is 0 Å². The Morgan fingerprint density at radius 1 is 0.485 bits per heavy atom. The molecule has 6 atom stereocenters. The Morgan fingerprint density at radius 3 is 1.79 bits per heavy atom. The molecule has 68 heavy (non-hydrogen) atoms. The highest BCUT2D eigenvalue weighted by molar-refractivity contribution is 5.86. The largest absolute Gasteiger partial charge is 0.337 e. The molecule has 13 rings (SSSR count). The summed E-state index contributed by atoms with van der Waals surface area (Å²) in [7, 11) is 2.29. The Balaban J connectivity index is 0.906. The van der Waals surface area contributed by atoms with Crippen molar-refractivity contribution < 1.29 is 0 Å². The molecule has 6 unspecified atom stereocenters. The molecule has 7 heteroatoms. The van der Waals surface area contributed by atoms with Crippen LogP contribution in [0.4, 0.5) is 51.2 Å². The lowest BCUT2D eigenvalue weighted by Crippen LogP contribution is -2.47. The minimum atomic E-state index is 0.380. The van der Waals surface area contributed by atoms with Crippen molar-refractivity contribution in [2.45, 2.75) is 68.5 Å². The maximum absolute atomic E-state index is 3.79. The zero-order chi connectivity index (χ0) is 45.3. The van der Waals surface area contributed by atoms with E-state index < -0.39 is 0 Å². The highest BCUT2D eigenvalue weighted by atomic mass is 15.3. The average molecular weight is 894 g/mol. The van der Waals surface area contributed by atoms with Crippen molar-refractivity contribution in [3.63, 3.8) is 0 Å². The molecule has 7 aromatic rings. The lowest BCUT2D eigenvalue weighted by molar-refractivity contribution is 0.197. The molecular formula is C61H63N7. The van der Waals surface area contributed by atoms with Gasteiger partial charge in [0.25, 0.3) is 0 Å². The van der Waals surface area contributed by atoms with Gasteiger partial charge in [-0.1, -0.05) is 91.9 Å². The Labute approximate surface area is 403 Å². The number of hydrogen-bond donors (Lipinski definition) is 1. The molecular weight excluding hydrogens is 831 g/mol. The fraction of sp³-hybridized carbons (Fsp3) is 0.311. The first-order valence-corrected chi connectivity index (χ1v) is 25.6. The third-order valence-corrected chi connectivity index (χ3v) is 16.5. The predicted octanol–water partition coefficient (Wildman–Crippen LogP) is 13.1. The van der Waals surface area contributed by atoms with Crippen LogP contribution in [0.15, 0.2) is 170 Å². The van der Waals surface area contributed by atoms with E-state index in [0.29, 0.717) is 35.9 Å². The van der Waals surface area contributed by atoms with Gasteiger partial charge in [-0.15, -0.1) is 0 Å². The van der Waals surface area contributed by atoms with Crippen LogP contribution in [0.5, 0.6) is 0 Å². The van der Waals surface area contributed by atoms with Gasteiger partial charge in [-0.3, -0.25) is 0 Å². The molecule has 6 heterocycles. The number of likely N-dealkylation sites (tertiary alicyclic amines) is 2. The standard InChI is InChI=1S/C61H63N7/c1-3-32-64-34-29-53-51-19-11-13-21-57(51)68(61(53)41-64)49-36-43(35-48(37-49)67-56-20-12-10-18-50(56)52-28-31-62-39-60(52)67)42-22-24-46(25-23-42)66-58-27-26-47(38-54(58)55-40-63(2)33-30-59(55)66)65(44-14-6-4-7-15-44)45-16-8-5-9-17-45/h4-27,35-38,52-53,55,59-62H,3,28-34,39-41H2,1-2H3. The number of hydrogen-bond acceptors (Lipinski definition) is 7. The summed E-state index contributed by atoms with van der Waals surface area (Å²) >= 11 is 0. The van der Waals surface area contributed by atoms with E-state index >= 15 is 0 Å². The third kappa shape index (κ3) is 7.04. The molecule has 0 bridgehead atoms. The molecule has 6 aliphatic rings. The number of anilines is 9. The van der Waals surface area contributed by atoms with Gasteiger partial charge < -0.3 is 34.7 Å². The average Bonchev–Trinajstić information content (AvgIpc) is 4.02. The van der Waals surface area contributed by atoms with Crippen LogP contribution >= 0.6 is 0 Å². The van der Waals surface area contributed by atoms with Crippen molar-refractivity contribution in [2.24, 2.45) is 0 Å². The van der Waals surface area contributed by atoms with E-state index in [1.807, 2.05) is 0 Å². The van der Waals surface area contributed by atoms with Gasteiger partial charge in [0.05, 0.1) is 12.1 Å². The molecule has 342 valence electrons. The first kappa shape index (κ1) is 41.8. The summed E-state index contributed by atoms with van der Waals surface area (Å²) in [6.45, 7) is 9.97. The van der Waals surface area contributed by atoms with Crippen molar-refractivity contribution in [1.82, 2.24) is 15.1 Å². The zero-order valence-electron chi connectivity index (χ0n) is 39.6. The van der Waals surface area contributed by atoms with E-state index in [0.717, 1.165) is 45.7 Å². The van der Waals surface area contributed by atoms with Crippen molar-refractivity contribution in [1.29, 1.82) is 0 Å². The second-order valence-corrected chi connectivity index (χ2v) is 20.4. The summed E-state index contributed by atoms with van der Waals surface area (Å²) in [5, 5.41) is 3.79. The Hall–Kier alpha value is -6.38. The number of rotatable bonds is 9. The summed E-state index contributed by atoms with van der Waals surface area (Å²) in [5.74, 6) is 1.48. The number of nitrogens with one attached hydrogen (secondary N) is 1. The fourth-order valence-electron chi connectivity index (χ4n) is 13.6. The lowest BCUT2D eigenvalue weighted by atomic mass is 9.88. The predicted molar refractivity (Wildman–Crippen MR) is 283 cm³/mol. The van der Waals surface area contributed by atoms with Gasteiger partial charge in [-0.25, -0.2) is 0 Å². The van der Waals surface area contributed by atoms with Crippen molar-refractivity contribution >= 4 is 51.2 Å². The van der Waals surface area contributed by atoms with Gasteiger partial charge in [0.2, 0.25) is 0 Å². The van der Waals surface area contributed by atoms with Crippen LogP contribution in [0.3, 0.4) is 0 Å². The molecule has 1 N–H and O–H groups in total. The van der Waals surface area contributed by atoms with E-state index in [2.05, 4.69) is 219 Å². The maximum Gasteiger partial charge on any atom is 0.0539 e. The van der Waals surface area contributed by atoms with E-state index in [1.54, 1.807) is 0 Å². The molecule has 0 saturated carbocycles. The van der Waals surface area contributed by atoms with Crippen LogP contribution in [0.2, 0.25) is 0 Å². The smallest absolute Gasteiger partial charge is 0.0539 e. The van der Waals surface area contributed by atoms with Crippen LogP contribution in [-0.2, 0) is 0 Å². The monoisotopic (exact) mass is 894 g/mol. The number of likely N-dealkylation sites (N-methyl/N-ethyl adjacent to an activating group) is 1. The first-order chi connectivity index (χ1) is 33.6. The van der Waals surface area contributed by atoms with Gasteiger partial charge in [-0.2, -0.15) is 0 Å². The zero-order valence-corrected chi connectivity index (χ0v) is 39.6. The van der Waals surface area contributed by atoms with Crippen molar-refractivity contribution in [2.75, 3.05) is 72.5 Å². The summed E-state index contributed by atoms with van der Waals surface area (Å²) in [4.78, 5) is 15.8. The third-order valence-electron chi connectivity index (χ3n) is 16.5. The summed E-state index contributed by atoms with van der Waals surface area (Å²) < 4.78 is 0. The van der Waals surface area contributed by atoms with Gasteiger partial charge >= 0.3 is 0 Å². The molecule has 7 nitrogen and oxygen atoms in total. The molecule has 6 aliphatic heterocycles. The highest BCUT2D eigenvalue weighted by Gasteiger charge is 2.45. The Morgan fingerprint density at radius 2 is 1.10 bits per heavy atom. The summed E-state index contributed by atoms with van der Waals surface area (Å²) in [6, 6.07) is 65.8. The normalized spacial score (nSPS) is 23.9. The number of benzene rings is 7. The fourth-order valence-corrected chi connectivity index (χ4v) is 13.6. The van der Waals surface area contributed by atoms with Crippen molar-refractivity contribution in [3.8, 4) is 11.1 Å². The Bertz CT molecular complexity index is 2900. The number of fused-ring (bicyclic) bond motifs is 9. The molecule has 7 aromatic carbocycles. The van der Waals surface area contributed by atoms with Crippen LogP contribution < -0.4 is 24.9 Å². The molecule has 3 saturated heterocycles. The van der Waals surface area contributed by atoms with E-state index in [9.17, 15) is 0 Å². The molecule has 3 fully saturated rings. The number of piperidine rings is 3. The van der Waals surface area contributed by atoms with Crippen LogP contribution in [0, 0.1) is 0 Å². The second-order valence-electron chi connectivity index (χ2n) is 20.4. The van der Waals surface area contributed by atoms with E-state index in [4.69, 9.17) is 0 Å². The van der Waals surface area contributed by atoms with Crippen LogP contribution in [0.25, 0.3) is 11.1 Å². The SMILES string of the molecule is CCCN1CCC2c3ccccc3N(c3cc(-c4ccc(N5c6ccc(N(c7ccccc7)c7ccccc7)cc6C6CN(C)CCC65)cc4)cc(N4c5ccccc5C5CCNCC54)c3)C2C1. The quantitative estimate of drug-likeness (QED) is 0.155. The van der Waals surface area contributed by atoms with Crippen LogP contribution in [0.1, 0.15) is 67.1 Å². The highest BCUT2D eigenvalue weighted by Crippen LogP contribution is 2.54. The molecule has 0 spiro atoms. The minimum absolute atomic E-state index is 0.380. The summed E-state index contributed by atoms with van der Waals surface area (Å²) in [6.07, 6.45) is 4.69. The first-order valence-electron chi connectivity index (χ1n) is 25.6. The van der Waals surface area contributed by atoms with Gasteiger partial charge in [0.15, 0.2) is 0 Å². The van der Waals surface area contributed by atoms with Crippen molar-refractivity contribution in [3.05, 3.63) is 187 Å². The van der Waals surface area contributed by atoms with Gasteiger partial charge in [0, 0.05) is 94.6 Å². The van der Waals surface area contributed by atoms with E-state index in [-0.39, 0.29) is 0 Å². The summed E-state index contributed by atoms with van der Waals surface area (Å²) in [5.41, 5.74) is 18.5. The minimum Gasteiger partial charge on any atom is -0.337 e. The molecule has 0 aliphatic carbocycles. The molecule has 0 aromatic heterocycles.